The molecule has 1 rings (SSSR count). The lowest BCUT2D eigenvalue weighted by molar-refractivity contribution is 0.340. The lowest BCUT2D eigenvalue weighted by atomic mass is 10.2. The van der Waals surface area contributed by atoms with E-state index in [0.29, 0.717) is 17.4 Å². The molecule has 0 amide bonds. The molecular formula is C10H10ClO. The number of rotatable bonds is 3. The van der Waals surface area contributed by atoms with Crippen LogP contribution in [0.1, 0.15) is 12.5 Å². The second-order valence-electron chi connectivity index (χ2n) is 2.23. The van der Waals surface area contributed by atoms with Crippen LogP contribution in [-0.2, 0) is 0 Å². The first-order valence-electron chi connectivity index (χ1n) is 3.74. The summed E-state index contributed by atoms with van der Waals surface area (Å²) >= 11 is 5.96. The summed E-state index contributed by atoms with van der Waals surface area (Å²) in [6, 6.07) is 5.54. The number of hydrogen-bond donors (Lipinski definition) is 0. The molecule has 0 N–H and O–H groups in total. The van der Waals surface area contributed by atoms with E-state index in [-0.39, 0.29) is 0 Å². The second kappa shape index (κ2) is 4.17. The fourth-order valence-electron chi connectivity index (χ4n) is 0.914. The highest BCUT2D eigenvalue weighted by Gasteiger charge is 2.03. The summed E-state index contributed by atoms with van der Waals surface area (Å²) < 4.78 is 5.28. The molecule has 0 saturated heterocycles. The molecule has 12 heavy (non-hydrogen) atoms. The van der Waals surface area contributed by atoms with E-state index in [4.69, 9.17) is 16.3 Å². The molecule has 0 saturated carbocycles. The van der Waals surface area contributed by atoms with Gasteiger partial charge < -0.3 is 4.74 Å². The minimum absolute atomic E-state index is 0.578. The SMILES string of the molecule is C=[C]c1cccc(OCC)c1Cl. The van der Waals surface area contributed by atoms with Gasteiger partial charge in [-0.1, -0.05) is 30.3 Å². The molecule has 0 spiro atoms. The first-order chi connectivity index (χ1) is 5.79. The van der Waals surface area contributed by atoms with E-state index in [1.54, 1.807) is 0 Å². The molecular weight excluding hydrogens is 172 g/mol. The van der Waals surface area contributed by atoms with Crippen LogP contribution < -0.4 is 4.74 Å². The van der Waals surface area contributed by atoms with Crippen molar-refractivity contribution in [2.75, 3.05) is 6.61 Å². The molecule has 0 atom stereocenters. The molecule has 0 aliphatic rings. The van der Waals surface area contributed by atoms with Crippen LogP contribution >= 0.6 is 11.6 Å². The van der Waals surface area contributed by atoms with E-state index in [0.717, 1.165) is 5.56 Å². The molecule has 0 unspecified atom stereocenters. The summed E-state index contributed by atoms with van der Waals surface area (Å²) in [5.41, 5.74) is 0.780. The molecule has 1 radical (unpaired) electrons. The molecule has 1 nitrogen and oxygen atoms in total. The average Bonchev–Trinajstić information content (AvgIpc) is 2.09. The molecule has 0 bridgehead atoms. The number of ether oxygens (including phenoxy) is 1. The Kier molecular flexibility index (Phi) is 3.18. The first kappa shape index (κ1) is 9.14. The van der Waals surface area contributed by atoms with Crippen molar-refractivity contribution in [2.45, 2.75) is 6.92 Å². The lowest BCUT2D eigenvalue weighted by Crippen LogP contribution is -1.92. The molecule has 1 aromatic rings. The molecule has 1 aromatic carbocycles. The van der Waals surface area contributed by atoms with Crippen LogP contribution in [0.4, 0.5) is 0 Å². The maximum atomic E-state index is 5.96. The van der Waals surface area contributed by atoms with Gasteiger partial charge in [-0.25, -0.2) is 0 Å². The van der Waals surface area contributed by atoms with Crippen molar-refractivity contribution in [1.29, 1.82) is 0 Å². The standard InChI is InChI=1S/C10H10ClO/c1-3-8-6-5-7-9(10(8)11)12-4-2/h5-7H,1,4H2,2H3. The molecule has 0 heterocycles. The number of halogens is 1. The Bertz CT molecular complexity index is 281. The summed E-state index contributed by atoms with van der Waals surface area (Å²) in [5, 5.41) is 0.578. The van der Waals surface area contributed by atoms with Crippen molar-refractivity contribution in [3.05, 3.63) is 41.4 Å². The van der Waals surface area contributed by atoms with Crippen molar-refractivity contribution in [3.8, 4) is 5.75 Å². The maximum absolute atomic E-state index is 5.96. The Labute approximate surface area is 77.6 Å². The lowest BCUT2D eigenvalue weighted by Gasteiger charge is -2.06. The van der Waals surface area contributed by atoms with E-state index in [1.165, 1.54) is 0 Å². The van der Waals surface area contributed by atoms with Gasteiger partial charge in [-0.2, -0.15) is 0 Å². The molecule has 2 heteroatoms. The van der Waals surface area contributed by atoms with Crippen molar-refractivity contribution in [2.24, 2.45) is 0 Å². The summed E-state index contributed by atoms with van der Waals surface area (Å²) in [5.74, 6) is 0.688. The Morgan fingerprint density at radius 3 is 2.92 bits per heavy atom. The first-order valence-corrected chi connectivity index (χ1v) is 4.11. The van der Waals surface area contributed by atoms with Crippen LogP contribution in [0.2, 0.25) is 5.02 Å². The quantitative estimate of drug-likeness (QED) is 0.697. The minimum atomic E-state index is 0.578. The van der Waals surface area contributed by atoms with Gasteiger partial charge in [0.25, 0.3) is 0 Å². The zero-order valence-corrected chi connectivity index (χ0v) is 7.69. The van der Waals surface area contributed by atoms with E-state index in [9.17, 15) is 0 Å². The Morgan fingerprint density at radius 1 is 1.58 bits per heavy atom. The van der Waals surface area contributed by atoms with Crippen molar-refractivity contribution >= 4 is 11.6 Å². The van der Waals surface area contributed by atoms with Crippen molar-refractivity contribution < 1.29 is 4.74 Å². The normalized spacial score (nSPS) is 9.50. The average molecular weight is 182 g/mol. The summed E-state index contributed by atoms with van der Waals surface area (Å²) in [6.45, 7) is 6.06. The van der Waals surface area contributed by atoms with Gasteiger partial charge in [-0.05, 0) is 19.1 Å². The fraction of sp³-hybridized carbons (Fsp3) is 0.200. The third kappa shape index (κ3) is 1.80. The van der Waals surface area contributed by atoms with Crippen LogP contribution in [0.5, 0.6) is 5.75 Å². The maximum Gasteiger partial charge on any atom is 0.138 e. The minimum Gasteiger partial charge on any atom is -0.492 e. The van der Waals surface area contributed by atoms with Crippen molar-refractivity contribution in [3.63, 3.8) is 0 Å². The van der Waals surface area contributed by atoms with Gasteiger partial charge in [0.15, 0.2) is 0 Å². The van der Waals surface area contributed by atoms with E-state index in [2.05, 4.69) is 12.7 Å². The molecule has 0 aliphatic heterocycles. The largest absolute Gasteiger partial charge is 0.492 e. The smallest absolute Gasteiger partial charge is 0.138 e. The summed E-state index contributed by atoms with van der Waals surface area (Å²) in [6.07, 6.45) is 2.73. The predicted octanol–water partition coefficient (Wildman–Crippen LogP) is 3.08. The number of benzene rings is 1. The molecule has 63 valence electrons. The summed E-state index contributed by atoms with van der Waals surface area (Å²) in [7, 11) is 0. The van der Waals surface area contributed by atoms with Gasteiger partial charge in [0.1, 0.15) is 5.75 Å². The monoisotopic (exact) mass is 181 g/mol. The molecule has 0 fully saturated rings. The number of hydrogen-bond acceptors (Lipinski definition) is 1. The van der Waals surface area contributed by atoms with Crippen LogP contribution in [-0.4, -0.2) is 6.61 Å². The fourth-order valence-corrected chi connectivity index (χ4v) is 1.16. The van der Waals surface area contributed by atoms with Gasteiger partial charge in [0.05, 0.1) is 11.6 Å². The van der Waals surface area contributed by atoms with E-state index >= 15 is 0 Å². The van der Waals surface area contributed by atoms with Gasteiger partial charge in [-0.3, -0.25) is 0 Å². The van der Waals surface area contributed by atoms with Crippen LogP contribution in [0.3, 0.4) is 0 Å². The highest BCUT2D eigenvalue weighted by Crippen LogP contribution is 2.27. The Balaban J connectivity index is 3.04. The Morgan fingerprint density at radius 2 is 2.33 bits per heavy atom. The third-order valence-electron chi connectivity index (χ3n) is 1.45. The zero-order chi connectivity index (χ0) is 8.97. The molecule has 0 aromatic heterocycles. The van der Waals surface area contributed by atoms with Crippen LogP contribution in [0.25, 0.3) is 0 Å². The van der Waals surface area contributed by atoms with E-state index < -0.39 is 0 Å². The highest BCUT2D eigenvalue weighted by molar-refractivity contribution is 6.33. The third-order valence-corrected chi connectivity index (χ3v) is 1.84. The van der Waals surface area contributed by atoms with Gasteiger partial charge >= 0.3 is 0 Å². The van der Waals surface area contributed by atoms with Crippen LogP contribution in [0, 0.1) is 6.08 Å². The topological polar surface area (TPSA) is 9.23 Å². The van der Waals surface area contributed by atoms with Gasteiger partial charge in [0, 0.05) is 5.56 Å². The van der Waals surface area contributed by atoms with Gasteiger partial charge in [0.2, 0.25) is 0 Å². The predicted molar refractivity (Wildman–Crippen MR) is 50.6 cm³/mol. The zero-order valence-electron chi connectivity index (χ0n) is 6.93. The Hall–Kier alpha value is -0.950. The van der Waals surface area contributed by atoms with Crippen LogP contribution in [0.15, 0.2) is 24.8 Å². The van der Waals surface area contributed by atoms with E-state index in [1.807, 2.05) is 25.1 Å². The second-order valence-corrected chi connectivity index (χ2v) is 2.61. The van der Waals surface area contributed by atoms with Crippen molar-refractivity contribution in [1.82, 2.24) is 0 Å². The summed E-state index contributed by atoms with van der Waals surface area (Å²) in [4.78, 5) is 0. The molecule has 0 aliphatic carbocycles. The van der Waals surface area contributed by atoms with Gasteiger partial charge in [-0.15, -0.1) is 0 Å². The highest BCUT2D eigenvalue weighted by atomic mass is 35.5.